The molecule has 0 saturated heterocycles. The number of carbonyl (C=O) groups is 1. The highest BCUT2D eigenvalue weighted by molar-refractivity contribution is 5.66. The Hall–Kier alpha value is -1.25. The molecule has 0 saturated carbocycles. The summed E-state index contributed by atoms with van der Waals surface area (Å²) >= 11 is 0. The van der Waals surface area contributed by atoms with E-state index in [-0.39, 0.29) is 0 Å². The summed E-state index contributed by atoms with van der Waals surface area (Å²) < 4.78 is 6.13. The van der Waals surface area contributed by atoms with Gasteiger partial charge in [0.2, 0.25) is 0 Å². The van der Waals surface area contributed by atoms with Gasteiger partial charge in [0.25, 0.3) is 0 Å². The number of aliphatic carboxylic acids is 1. The van der Waals surface area contributed by atoms with E-state index in [1.165, 1.54) is 67.6 Å². The van der Waals surface area contributed by atoms with Crippen LogP contribution in [0.4, 0.5) is 0 Å². The van der Waals surface area contributed by atoms with Gasteiger partial charge in [0, 0.05) is 19.3 Å². The Kier molecular flexibility index (Phi) is 10.5. The minimum atomic E-state index is -0.677. The van der Waals surface area contributed by atoms with E-state index in [1.807, 2.05) is 0 Å². The van der Waals surface area contributed by atoms with Crippen molar-refractivity contribution in [1.29, 1.82) is 0 Å². The molecule has 1 aromatic rings. The molecule has 1 rings (SSSR count). The Morgan fingerprint density at radius 2 is 1.25 bits per heavy atom. The lowest BCUT2D eigenvalue weighted by atomic mass is 10.0. The van der Waals surface area contributed by atoms with Gasteiger partial charge in [-0.2, -0.15) is 0 Å². The Balaban J connectivity index is 2.21. The molecule has 0 radical (unpaired) electrons. The van der Waals surface area contributed by atoms with Crippen molar-refractivity contribution in [2.45, 2.75) is 104 Å². The predicted octanol–water partition coefficient (Wildman–Crippen LogP) is 6.38. The summed E-state index contributed by atoms with van der Waals surface area (Å²) in [7, 11) is 0. The summed E-state index contributed by atoms with van der Waals surface area (Å²) in [4.78, 5) is 10.4. The largest absolute Gasteiger partial charge is 0.481 e. The Morgan fingerprint density at radius 3 is 1.75 bits per heavy atom. The van der Waals surface area contributed by atoms with Gasteiger partial charge in [0.15, 0.2) is 0 Å². The molecule has 0 aliphatic heterocycles. The molecular formula is C21H36O3. The van der Waals surface area contributed by atoms with Crippen LogP contribution >= 0.6 is 0 Å². The normalized spacial score (nSPS) is 11.1. The van der Waals surface area contributed by atoms with Crippen molar-refractivity contribution in [2.75, 3.05) is 0 Å². The van der Waals surface area contributed by atoms with Gasteiger partial charge in [0.05, 0.1) is 0 Å². The lowest BCUT2D eigenvalue weighted by molar-refractivity contribution is -0.137. The summed E-state index contributed by atoms with van der Waals surface area (Å²) in [5.74, 6) is 1.71. The van der Waals surface area contributed by atoms with Gasteiger partial charge >= 0.3 is 5.97 Å². The van der Waals surface area contributed by atoms with Crippen LogP contribution in [0.15, 0.2) is 4.42 Å². The van der Waals surface area contributed by atoms with Crippen molar-refractivity contribution >= 4 is 5.97 Å². The molecule has 0 aromatic carbocycles. The second-order valence-electron chi connectivity index (χ2n) is 7.02. The number of carboxylic acids is 1. The van der Waals surface area contributed by atoms with Crippen LogP contribution in [0.5, 0.6) is 0 Å². The second kappa shape index (κ2) is 12.2. The molecule has 3 nitrogen and oxygen atoms in total. The highest BCUT2D eigenvalue weighted by Gasteiger charge is 2.12. The molecule has 1 N–H and O–H groups in total. The average molecular weight is 337 g/mol. The number of aryl methyl sites for hydroxylation is 2. The van der Waals surface area contributed by atoms with Gasteiger partial charge in [0.1, 0.15) is 11.5 Å². The number of hydrogen-bond acceptors (Lipinski definition) is 2. The molecule has 0 atom stereocenters. The molecule has 0 bridgehead atoms. The molecule has 3 heteroatoms. The first kappa shape index (κ1) is 20.8. The molecule has 24 heavy (non-hydrogen) atoms. The quantitative estimate of drug-likeness (QED) is 0.401. The molecule has 0 fully saturated rings. The zero-order valence-electron chi connectivity index (χ0n) is 16.0. The zero-order valence-corrected chi connectivity index (χ0v) is 16.0. The third-order valence-corrected chi connectivity index (χ3v) is 4.95. The van der Waals surface area contributed by atoms with E-state index in [0.717, 1.165) is 32.1 Å². The minimum Gasteiger partial charge on any atom is -0.481 e. The highest BCUT2D eigenvalue weighted by Crippen LogP contribution is 2.25. The molecular weight excluding hydrogens is 300 g/mol. The summed E-state index contributed by atoms with van der Waals surface area (Å²) in [6.45, 7) is 6.63. The van der Waals surface area contributed by atoms with Gasteiger partial charge in [-0.15, -0.1) is 0 Å². The topological polar surface area (TPSA) is 50.4 Å². The molecule has 0 amide bonds. The maximum atomic E-state index is 10.4. The zero-order chi connectivity index (χ0) is 17.8. The van der Waals surface area contributed by atoms with Crippen LogP contribution in [0.2, 0.25) is 0 Å². The lowest BCUT2D eigenvalue weighted by Crippen LogP contribution is -1.93. The fourth-order valence-corrected chi connectivity index (χ4v) is 3.18. The van der Waals surface area contributed by atoms with Crippen molar-refractivity contribution in [3.63, 3.8) is 0 Å². The molecule has 0 unspecified atom stereocenters. The Morgan fingerprint density at radius 1 is 0.792 bits per heavy atom. The maximum absolute atomic E-state index is 10.4. The predicted molar refractivity (Wildman–Crippen MR) is 99.7 cm³/mol. The first-order valence-electron chi connectivity index (χ1n) is 9.85. The fourth-order valence-electron chi connectivity index (χ4n) is 3.18. The Labute approximate surface area is 147 Å². The van der Waals surface area contributed by atoms with E-state index >= 15 is 0 Å². The summed E-state index contributed by atoms with van der Waals surface area (Å²) in [5, 5.41) is 8.60. The number of furan rings is 1. The number of rotatable bonds is 14. The number of hydrogen-bond donors (Lipinski definition) is 1. The molecule has 0 spiro atoms. The molecule has 138 valence electrons. The van der Waals surface area contributed by atoms with Crippen LogP contribution < -0.4 is 0 Å². The van der Waals surface area contributed by atoms with Crippen molar-refractivity contribution < 1.29 is 14.3 Å². The van der Waals surface area contributed by atoms with Crippen LogP contribution in [-0.4, -0.2) is 11.1 Å². The monoisotopic (exact) mass is 336 g/mol. The van der Waals surface area contributed by atoms with Crippen LogP contribution in [0, 0.1) is 13.8 Å². The van der Waals surface area contributed by atoms with E-state index in [1.54, 1.807) is 0 Å². The van der Waals surface area contributed by atoms with E-state index in [2.05, 4.69) is 20.8 Å². The van der Waals surface area contributed by atoms with Crippen LogP contribution in [0.25, 0.3) is 0 Å². The first-order chi connectivity index (χ1) is 11.6. The van der Waals surface area contributed by atoms with Crippen LogP contribution in [0.3, 0.4) is 0 Å². The average Bonchev–Trinajstić information content (AvgIpc) is 2.82. The van der Waals surface area contributed by atoms with Crippen molar-refractivity contribution in [1.82, 2.24) is 0 Å². The second-order valence-corrected chi connectivity index (χ2v) is 7.02. The number of unbranched alkanes of at least 4 members (excludes halogenated alkanes) is 8. The first-order valence-corrected chi connectivity index (χ1v) is 9.85. The van der Waals surface area contributed by atoms with Crippen LogP contribution in [-0.2, 0) is 17.6 Å². The van der Waals surface area contributed by atoms with E-state index < -0.39 is 5.97 Å². The summed E-state index contributed by atoms with van der Waals surface area (Å²) in [6, 6.07) is 0. The van der Waals surface area contributed by atoms with E-state index in [4.69, 9.17) is 9.52 Å². The maximum Gasteiger partial charge on any atom is 0.303 e. The number of carboxylic acid groups (broad SMARTS) is 1. The molecule has 0 aliphatic rings. The van der Waals surface area contributed by atoms with Crippen LogP contribution in [0.1, 0.15) is 100 Å². The Bertz CT molecular complexity index is 474. The molecule has 1 aromatic heterocycles. The highest BCUT2D eigenvalue weighted by atomic mass is 16.4. The molecule has 1 heterocycles. The van der Waals surface area contributed by atoms with Gasteiger partial charge in [-0.1, -0.05) is 51.9 Å². The fraction of sp³-hybridized carbons (Fsp3) is 0.762. The molecule has 0 aliphatic carbocycles. The minimum absolute atomic E-state index is 0.311. The standard InChI is InChI=1S/C21H36O3/c1-4-5-6-11-14-19-17(2)18(3)20(24-19)15-12-9-7-8-10-13-16-21(22)23/h4-16H2,1-3H3,(H,22,23). The van der Waals surface area contributed by atoms with Crippen molar-refractivity contribution in [3.05, 3.63) is 22.6 Å². The summed E-state index contributed by atoms with van der Waals surface area (Å²) in [5.41, 5.74) is 2.71. The van der Waals surface area contributed by atoms with Crippen molar-refractivity contribution in [2.24, 2.45) is 0 Å². The summed E-state index contributed by atoms with van der Waals surface area (Å²) in [6.07, 6.45) is 14.1. The van der Waals surface area contributed by atoms with Gasteiger partial charge in [-0.3, -0.25) is 4.79 Å². The van der Waals surface area contributed by atoms with Gasteiger partial charge in [-0.25, -0.2) is 0 Å². The van der Waals surface area contributed by atoms with Gasteiger partial charge in [-0.05, 0) is 44.2 Å². The lowest BCUT2D eigenvalue weighted by Gasteiger charge is -2.01. The van der Waals surface area contributed by atoms with Crippen molar-refractivity contribution in [3.8, 4) is 0 Å². The van der Waals surface area contributed by atoms with E-state index in [9.17, 15) is 4.79 Å². The SMILES string of the molecule is CCCCCCc1oc(CCCCCCCCC(=O)O)c(C)c1C. The smallest absolute Gasteiger partial charge is 0.303 e. The van der Waals surface area contributed by atoms with E-state index in [0.29, 0.717) is 6.42 Å². The van der Waals surface area contributed by atoms with Gasteiger partial charge < -0.3 is 9.52 Å². The third-order valence-electron chi connectivity index (χ3n) is 4.95. The third kappa shape index (κ3) is 8.03.